The highest BCUT2D eigenvalue weighted by Crippen LogP contribution is 2.24. The number of hydrogen-bond donors (Lipinski definition) is 1. The summed E-state index contributed by atoms with van der Waals surface area (Å²) in [6.07, 6.45) is 2.17. The van der Waals surface area contributed by atoms with Crippen LogP contribution < -0.4 is 5.32 Å². The highest BCUT2D eigenvalue weighted by molar-refractivity contribution is 6.35. The van der Waals surface area contributed by atoms with Crippen LogP contribution >= 0.6 is 23.2 Å². The van der Waals surface area contributed by atoms with E-state index in [0.717, 1.165) is 31.0 Å². The van der Waals surface area contributed by atoms with Gasteiger partial charge < -0.3 is 5.32 Å². The summed E-state index contributed by atoms with van der Waals surface area (Å²) in [5.41, 5.74) is 1.19. The third-order valence-electron chi connectivity index (χ3n) is 2.78. The minimum atomic E-state index is 0.638. The van der Waals surface area contributed by atoms with Gasteiger partial charge in [-0.1, -0.05) is 49.5 Å². The zero-order valence-corrected chi connectivity index (χ0v) is 11.4. The number of hydrogen-bond acceptors (Lipinski definition) is 1. The first kappa shape index (κ1) is 13.8. The summed E-state index contributed by atoms with van der Waals surface area (Å²) in [5.74, 6) is 0.638. The molecule has 1 unspecified atom stereocenters. The van der Waals surface area contributed by atoms with Gasteiger partial charge in [-0.3, -0.25) is 0 Å². The number of nitrogens with one attached hydrogen (secondary N) is 1. The summed E-state index contributed by atoms with van der Waals surface area (Å²) in [6, 6.07) is 5.75. The topological polar surface area (TPSA) is 12.0 Å². The second kappa shape index (κ2) is 7.16. The maximum absolute atomic E-state index is 6.16. The van der Waals surface area contributed by atoms with Crippen molar-refractivity contribution in [2.45, 2.75) is 26.7 Å². The number of halogens is 2. The van der Waals surface area contributed by atoms with Crippen molar-refractivity contribution in [1.82, 2.24) is 5.32 Å². The molecule has 1 aromatic carbocycles. The third-order valence-corrected chi connectivity index (χ3v) is 3.37. The molecule has 3 heteroatoms. The summed E-state index contributed by atoms with van der Waals surface area (Å²) in [7, 11) is 0. The molecule has 0 fully saturated rings. The lowest BCUT2D eigenvalue weighted by molar-refractivity contribution is 0.467. The first-order chi connectivity index (χ1) is 7.67. The van der Waals surface area contributed by atoms with E-state index < -0.39 is 0 Å². The quantitative estimate of drug-likeness (QED) is 0.809. The van der Waals surface area contributed by atoms with Crippen LogP contribution in [0.2, 0.25) is 10.0 Å². The third kappa shape index (κ3) is 4.32. The summed E-state index contributed by atoms with van der Waals surface area (Å²) in [6.45, 7) is 6.41. The van der Waals surface area contributed by atoms with E-state index in [9.17, 15) is 0 Å². The molecule has 0 saturated heterocycles. The first-order valence-electron chi connectivity index (χ1n) is 5.82. The smallest absolute Gasteiger partial charge is 0.0452 e. The van der Waals surface area contributed by atoms with Gasteiger partial charge in [0.15, 0.2) is 0 Å². The molecule has 0 heterocycles. The van der Waals surface area contributed by atoms with Crippen molar-refractivity contribution < 1.29 is 0 Å². The fourth-order valence-corrected chi connectivity index (χ4v) is 2.19. The van der Waals surface area contributed by atoms with Crippen molar-refractivity contribution in [3.05, 3.63) is 33.8 Å². The standard InChI is InChI=1S/C13H19Cl2N/c1-3-10(9-16-4-2)7-11-5-6-12(14)8-13(11)15/h5-6,8,10,16H,3-4,7,9H2,1-2H3. The van der Waals surface area contributed by atoms with Gasteiger partial charge >= 0.3 is 0 Å². The van der Waals surface area contributed by atoms with Crippen LogP contribution in [0.25, 0.3) is 0 Å². The average Bonchev–Trinajstić information content (AvgIpc) is 2.27. The molecular weight excluding hydrogens is 241 g/mol. The summed E-state index contributed by atoms with van der Waals surface area (Å²) in [5, 5.41) is 4.86. The van der Waals surface area contributed by atoms with Crippen LogP contribution in [-0.2, 0) is 6.42 Å². The van der Waals surface area contributed by atoms with Gasteiger partial charge in [-0.2, -0.15) is 0 Å². The van der Waals surface area contributed by atoms with E-state index in [0.29, 0.717) is 10.9 Å². The van der Waals surface area contributed by atoms with E-state index in [4.69, 9.17) is 23.2 Å². The minimum Gasteiger partial charge on any atom is -0.317 e. The molecule has 0 amide bonds. The molecule has 1 nitrogen and oxygen atoms in total. The van der Waals surface area contributed by atoms with Crippen LogP contribution in [0.15, 0.2) is 18.2 Å². The van der Waals surface area contributed by atoms with Crippen molar-refractivity contribution in [2.24, 2.45) is 5.92 Å². The van der Waals surface area contributed by atoms with Gasteiger partial charge in [0.25, 0.3) is 0 Å². The van der Waals surface area contributed by atoms with Gasteiger partial charge in [-0.15, -0.1) is 0 Å². The number of benzene rings is 1. The highest BCUT2D eigenvalue weighted by Gasteiger charge is 2.09. The molecular formula is C13H19Cl2N. The van der Waals surface area contributed by atoms with Gasteiger partial charge in [0.2, 0.25) is 0 Å². The van der Waals surface area contributed by atoms with Crippen molar-refractivity contribution in [3.63, 3.8) is 0 Å². The van der Waals surface area contributed by atoms with Crippen LogP contribution in [0.1, 0.15) is 25.8 Å². The van der Waals surface area contributed by atoms with E-state index in [1.165, 1.54) is 5.56 Å². The Kier molecular flexibility index (Phi) is 6.18. The van der Waals surface area contributed by atoms with E-state index >= 15 is 0 Å². The van der Waals surface area contributed by atoms with Crippen molar-refractivity contribution >= 4 is 23.2 Å². The van der Waals surface area contributed by atoms with Crippen LogP contribution in [0.4, 0.5) is 0 Å². The summed E-state index contributed by atoms with van der Waals surface area (Å²) < 4.78 is 0. The largest absolute Gasteiger partial charge is 0.317 e. The predicted molar refractivity (Wildman–Crippen MR) is 72.5 cm³/mol. The predicted octanol–water partition coefficient (Wildman–Crippen LogP) is 4.17. The Morgan fingerprint density at radius 2 is 2.00 bits per heavy atom. The fourth-order valence-electron chi connectivity index (χ4n) is 1.71. The maximum atomic E-state index is 6.16. The molecule has 0 radical (unpaired) electrons. The zero-order valence-electron chi connectivity index (χ0n) is 9.89. The fraction of sp³-hybridized carbons (Fsp3) is 0.538. The molecule has 0 saturated carbocycles. The molecule has 0 aliphatic rings. The second-order valence-electron chi connectivity index (χ2n) is 4.02. The van der Waals surface area contributed by atoms with E-state index in [-0.39, 0.29) is 0 Å². The lowest BCUT2D eigenvalue weighted by atomic mass is 9.97. The molecule has 0 aliphatic heterocycles. The second-order valence-corrected chi connectivity index (χ2v) is 4.87. The summed E-state index contributed by atoms with van der Waals surface area (Å²) in [4.78, 5) is 0. The molecule has 0 spiro atoms. The SMILES string of the molecule is CCNCC(CC)Cc1ccc(Cl)cc1Cl. The Morgan fingerprint density at radius 1 is 1.25 bits per heavy atom. The van der Waals surface area contributed by atoms with E-state index in [1.54, 1.807) is 0 Å². The molecule has 0 aliphatic carbocycles. The van der Waals surface area contributed by atoms with Crippen LogP contribution in [0, 0.1) is 5.92 Å². The van der Waals surface area contributed by atoms with Crippen LogP contribution in [0.5, 0.6) is 0 Å². The molecule has 0 aromatic heterocycles. The lowest BCUT2D eigenvalue weighted by Crippen LogP contribution is -2.23. The Morgan fingerprint density at radius 3 is 2.56 bits per heavy atom. The molecule has 90 valence electrons. The Labute approximate surface area is 108 Å². The van der Waals surface area contributed by atoms with Crippen molar-refractivity contribution in [3.8, 4) is 0 Å². The Hall–Kier alpha value is -0.240. The lowest BCUT2D eigenvalue weighted by Gasteiger charge is -2.16. The van der Waals surface area contributed by atoms with Gasteiger partial charge in [0.05, 0.1) is 0 Å². The minimum absolute atomic E-state index is 0.638. The molecule has 0 bridgehead atoms. The van der Waals surface area contributed by atoms with Crippen LogP contribution in [0.3, 0.4) is 0 Å². The number of rotatable bonds is 6. The monoisotopic (exact) mass is 259 g/mol. The first-order valence-corrected chi connectivity index (χ1v) is 6.57. The summed E-state index contributed by atoms with van der Waals surface area (Å²) >= 11 is 12.0. The zero-order chi connectivity index (χ0) is 12.0. The normalized spacial score (nSPS) is 12.8. The molecule has 1 rings (SSSR count). The van der Waals surface area contributed by atoms with E-state index in [2.05, 4.69) is 19.2 Å². The van der Waals surface area contributed by atoms with Gasteiger partial charge in [0, 0.05) is 10.0 Å². The van der Waals surface area contributed by atoms with Crippen molar-refractivity contribution in [1.29, 1.82) is 0 Å². The van der Waals surface area contributed by atoms with Crippen molar-refractivity contribution in [2.75, 3.05) is 13.1 Å². The Balaban J connectivity index is 2.62. The molecule has 16 heavy (non-hydrogen) atoms. The molecule has 1 aromatic rings. The average molecular weight is 260 g/mol. The Bertz CT molecular complexity index is 326. The van der Waals surface area contributed by atoms with Gasteiger partial charge in [-0.05, 0) is 43.1 Å². The van der Waals surface area contributed by atoms with Gasteiger partial charge in [0.1, 0.15) is 0 Å². The highest BCUT2D eigenvalue weighted by atomic mass is 35.5. The molecule has 1 atom stereocenters. The van der Waals surface area contributed by atoms with Gasteiger partial charge in [-0.25, -0.2) is 0 Å². The maximum Gasteiger partial charge on any atom is 0.0452 e. The van der Waals surface area contributed by atoms with Crippen LogP contribution in [-0.4, -0.2) is 13.1 Å². The van der Waals surface area contributed by atoms with E-state index in [1.807, 2.05) is 18.2 Å². The molecule has 1 N–H and O–H groups in total.